The third kappa shape index (κ3) is 3.64. The van der Waals surface area contributed by atoms with Crippen LogP contribution >= 0.6 is 23.4 Å². The summed E-state index contributed by atoms with van der Waals surface area (Å²) in [5.74, 6) is 0.723. The second-order valence-corrected chi connectivity index (χ2v) is 6.58. The van der Waals surface area contributed by atoms with Crippen LogP contribution in [0.4, 0.5) is 13.2 Å². The highest BCUT2D eigenvalue weighted by atomic mass is 35.5. The van der Waals surface area contributed by atoms with Gasteiger partial charge in [0.05, 0.1) is 27.2 Å². The lowest BCUT2D eigenvalue weighted by molar-refractivity contribution is -0.137. The van der Waals surface area contributed by atoms with Crippen LogP contribution in [0.5, 0.6) is 0 Å². The number of benzene rings is 1. The van der Waals surface area contributed by atoms with Crippen molar-refractivity contribution in [3.8, 4) is 0 Å². The van der Waals surface area contributed by atoms with E-state index in [-0.39, 0.29) is 21.4 Å². The molecule has 130 valence electrons. The average molecular weight is 386 g/mol. The zero-order valence-corrected chi connectivity index (χ0v) is 14.4. The number of hydrogen-bond donors (Lipinski definition) is 0. The molecule has 0 N–H and O–H groups in total. The van der Waals surface area contributed by atoms with E-state index in [1.165, 1.54) is 4.57 Å². The van der Waals surface area contributed by atoms with E-state index in [1.807, 2.05) is 0 Å². The summed E-state index contributed by atoms with van der Waals surface area (Å²) in [6.45, 7) is 0. The van der Waals surface area contributed by atoms with Crippen molar-refractivity contribution < 1.29 is 13.2 Å². The molecule has 0 unspecified atom stereocenters. The van der Waals surface area contributed by atoms with Crippen LogP contribution in [0.3, 0.4) is 0 Å². The lowest BCUT2D eigenvalue weighted by Gasteiger charge is -2.10. The number of para-hydroxylation sites is 1. The van der Waals surface area contributed by atoms with Gasteiger partial charge in [-0.05, 0) is 18.2 Å². The van der Waals surface area contributed by atoms with Crippen LogP contribution in [0, 0.1) is 0 Å². The number of rotatable bonds is 3. The SMILES string of the molecule is Cn1c(CSc2ncc(C(F)(F)F)cc2Cl)nc2ccccc2c1=O. The van der Waals surface area contributed by atoms with Crippen LogP contribution in [0.15, 0.2) is 46.3 Å². The van der Waals surface area contributed by atoms with Crippen LogP contribution < -0.4 is 5.56 Å². The zero-order valence-electron chi connectivity index (χ0n) is 12.8. The summed E-state index contributed by atoms with van der Waals surface area (Å²) in [7, 11) is 1.60. The Morgan fingerprint density at radius 1 is 1.28 bits per heavy atom. The topological polar surface area (TPSA) is 47.8 Å². The fraction of sp³-hybridized carbons (Fsp3) is 0.188. The number of fused-ring (bicyclic) bond motifs is 1. The molecule has 4 nitrogen and oxygen atoms in total. The summed E-state index contributed by atoms with van der Waals surface area (Å²) in [5, 5.41) is 0.659. The summed E-state index contributed by atoms with van der Waals surface area (Å²) < 4.78 is 39.3. The molecule has 9 heteroatoms. The summed E-state index contributed by atoms with van der Waals surface area (Å²) in [5.41, 5.74) is -0.529. The lowest BCUT2D eigenvalue weighted by Crippen LogP contribution is -2.21. The summed E-state index contributed by atoms with van der Waals surface area (Å²) in [4.78, 5) is 20.5. The van der Waals surface area contributed by atoms with Gasteiger partial charge in [-0.2, -0.15) is 13.2 Å². The van der Waals surface area contributed by atoms with E-state index in [2.05, 4.69) is 9.97 Å². The van der Waals surface area contributed by atoms with Crippen LogP contribution in [-0.2, 0) is 19.0 Å². The van der Waals surface area contributed by atoms with Gasteiger partial charge in [0, 0.05) is 13.2 Å². The quantitative estimate of drug-likeness (QED) is 0.631. The second-order valence-electron chi connectivity index (χ2n) is 5.21. The monoisotopic (exact) mass is 385 g/mol. The standard InChI is InChI=1S/C16H11ClF3N3OS/c1-23-13(22-12-5-3-2-4-10(12)15(23)24)8-25-14-11(17)6-9(7-21-14)16(18,19)20/h2-7H,8H2,1H3. The van der Waals surface area contributed by atoms with E-state index in [4.69, 9.17) is 11.6 Å². The largest absolute Gasteiger partial charge is 0.417 e. The highest BCUT2D eigenvalue weighted by Crippen LogP contribution is 2.34. The molecule has 0 aliphatic heterocycles. The predicted molar refractivity (Wildman–Crippen MR) is 90.8 cm³/mol. The van der Waals surface area contributed by atoms with Crippen LogP contribution in [-0.4, -0.2) is 14.5 Å². The molecule has 25 heavy (non-hydrogen) atoms. The highest BCUT2D eigenvalue weighted by Gasteiger charge is 2.31. The van der Waals surface area contributed by atoms with Crippen molar-refractivity contribution in [3.05, 3.63) is 63.3 Å². The first-order chi connectivity index (χ1) is 11.8. The summed E-state index contributed by atoms with van der Waals surface area (Å²) >= 11 is 7.01. The minimum absolute atomic E-state index is 0.0920. The van der Waals surface area contributed by atoms with Crippen LogP contribution in [0.2, 0.25) is 5.02 Å². The maximum absolute atomic E-state index is 12.6. The van der Waals surface area contributed by atoms with E-state index in [0.717, 1.165) is 24.0 Å². The maximum Gasteiger partial charge on any atom is 0.417 e. The molecular formula is C16H11ClF3N3OS. The van der Waals surface area contributed by atoms with E-state index < -0.39 is 11.7 Å². The van der Waals surface area contributed by atoms with Gasteiger partial charge in [0.1, 0.15) is 10.9 Å². The van der Waals surface area contributed by atoms with Gasteiger partial charge in [-0.15, -0.1) is 0 Å². The molecule has 0 saturated carbocycles. The molecule has 0 atom stereocenters. The first-order valence-electron chi connectivity index (χ1n) is 7.07. The third-order valence-corrected chi connectivity index (χ3v) is 4.95. The molecule has 0 amide bonds. The van der Waals surface area contributed by atoms with Gasteiger partial charge < -0.3 is 0 Å². The van der Waals surface area contributed by atoms with Crippen molar-refractivity contribution in [2.75, 3.05) is 0 Å². The molecule has 2 heterocycles. The van der Waals surface area contributed by atoms with Gasteiger partial charge in [0.15, 0.2) is 0 Å². The van der Waals surface area contributed by atoms with Gasteiger partial charge in [-0.1, -0.05) is 35.5 Å². The first-order valence-corrected chi connectivity index (χ1v) is 8.44. The Balaban J connectivity index is 1.88. The average Bonchev–Trinajstić information content (AvgIpc) is 2.57. The van der Waals surface area contributed by atoms with E-state index in [9.17, 15) is 18.0 Å². The maximum atomic E-state index is 12.6. The molecule has 3 rings (SSSR count). The molecule has 0 bridgehead atoms. The van der Waals surface area contributed by atoms with Gasteiger partial charge in [-0.3, -0.25) is 9.36 Å². The first kappa shape index (κ1) is 17.8. The van der Waals surface area contributed by atoms with Crippen molar-refractivity contribution in [1.82, 2.24) is 14.5 Å². The Bertz CT molecular complexity index is 1000. The van der Waals surface area contributed by atoms with Gasteiger partial charge in [-0.25, -0.2) is 9.97 Å². The normalized spacial score (nSPS) is 11.9. The minimum Gasteiger partial charge on any atom is -0.299 e. The molecule has 0 spiro atoms. The highest BCUT2D eigenvalue weighted by molar-refractivity contribution is 7.98. The smallest absolute Gasteiger partial charge is 0.299 e. The number of alkyl halides is 3. The third-order valence-electron chi connectivity index (χ3n) is 3.55. The van der Waals surface area contributed by atoms with Gasteiger partial charge in [0.25, 0.3) is 5.56 Å². The number of hydrogen-bond acceptors (Lipinski definition) is 4. The Hall–Kier alpha value is -2.06. The molecule has 0 aliphatic rings. The molecule has 0 saturated heterocycles. The minimum atomic E-state index is -4.50. The molecule has 2 aromatic heterocycles. The second kappa shape index (κ2) is 6.68. The van der Waals surface area contributed by atoms with Crippen molar-refractivity contribution in [2.45, 2.75) is 17.0 Å². The van der Waals surface area contributed by atoms with E-state index in [0.29, 0.717) is 16.7 Å². The Kier molecular flexibility index (Phi) is 4.75. The summed E-state index contributed by atoms with van der Waals surface area (Å²) in [6.07, 6.45) is -3.76. The Labute approximate surface area is 149 Å². The number of nitrogens with zero attached hydrogens (tertiary/aromatic N) is 3. The number of pyridine rings is 1. The van der Waals surface area contributed by atoms with Crippen LogP contribution in [0.25, 0.3) is 10.9 Å². The zero-order chi connectivity index (χ0) is 18.2. The lowest BCUT2D eigenvalue weighted by atomic mass is 10.2. The fourth-order valence-corrected chi connectivity index (χ4v) is 3.39. The Morgan fingerprint density at radius 3 is 2.68 bits per heavy atom. The van der Waals surface area contributed by atoms with Gasteiger partial charge >= 0.3 is 6.18 Å². The molecule has 1 aromatic carbocycles. The predicted octanol–water partition coefficient (Wildman–Crippen LogP) is 4.29. The van der Waals surface area contributed by atoms with Crippen molar-refractivity contribution in [2.24, 2.45) is 7.05 Å². The van der Waals surface area contributed by atoms with Crippen molar-refractivity contribution in [1.29, 1.82) is 0 Å². The molecule has 0 radical (unpaired) electrons. The summed E-state index contributed by atoms with van der Waals surface area (Å²) in [6, 6.07) is 7.79. The van der Waals surface area contributed by atoms with E-state index >= 15 is 0 Å². The molecular weight excluding hydrogens is 375 g/mol. The van der Waals surface area contributed by atoms with Crippen molar-refractivity contribution >= 4 is 34.3 Å². The molecule has 0 aliphatic carbocycles. The molecule has 3 aromatic rings. The van der Waals surface area contributed by atoms with Crippen LogP contribution in [0.1, 0.15) is 11.4 Å². The number of halogens is 4. The van der Waals surface area contributed by atoms with E-state index in [1.54, 1.807) is 31.3 Å². The van der Waals surface area contributed by atoms with Crippen molar-refractivity contribution in [3.63, 3.8) is 0 Å². The number of aromatic nitrogens is 3. The molecule has 0 fully saturated rings. The fourth-order valence-electron chi connectivity index (χ4n) is 2.21. The van der Waals surface area contributed by atoms with Gasteiger partial charge in [0.2, 0.25) is 0 Å². The Morgan fingerprint density at radius 2 is 2.00 bits per heavy atom. The number of thioether (sulfide) groups is 1.